The number of carboxylic acid groups (broad SMARTS) is 1. The van der Waals surface area contributed by atoms with E-state index in [9.17, 15) is 23.1 Å². The number of hydrogen-bond donors (Lipinski definition) is 3. The summed E-state index contributed by atoms with van der Waals surface area (Å²) in [5, 5.41) is 22.2. The molecule has 5 rings (SSSR count). The van der Waals surface area contributed by atoms with E-state index < -0.39 is 23.7 Å². The van der Waals surface area contributed by atoms with Crippen LogP contribution in [0.4, 0.5) is 13.2 Å². The molecule has 3 aromatic rings. The number of aliphatic hydroxyl groups is 1. The Labute approximate surface area is 254 Å². The highest BCUT2D eigenvalue weighted by atomic mass is 19.4. The molecule has 0 amide bonds. The number of carbonyl (C=O) groups is 2. The molecule has 236 valence electrons. The first-order chi connectivity index (χ1) is 21.1. The Morgan fingerprint density at radius 2 is 1.43 bits per heavy atom. The number of halogens is 3. The number of esters is 1. The summed E-state index contributed by atoms with van der Waals surface area (Å²) in [7, 11) is 0. The maximum absolute atomic E-state index is 13.5. The van der Waals surface area contributed by atoms with Gasteiger partial charge in [-0.1, -0.05) is 72.8 Å². The number of nitrogens with one attached hydrogen (secondary N) is 1. The molecule has 1 unspecified atom stereocenters. The summed E-state index contributed by atoms with van der Waals surface area (Å²) >= 11 is 0. The maximum Gasteiger partial charge on any atom is 0.490 e. The Morgan fingerprint density at radius 1 is 0.841 bits per heavy atom. The van der Waals surface area contributed by atoms with Gasteiger partial charge in [0.1, 0.15) is 5.75 Å². The zero-order valence-corrected chi connectivity index (χ0v) is 24.2. The van der Waals surface area contributed by atoms with Gasteiger partial charge >= 0.3 is 18.1 Å². The first-order valence-electron chi connectivity index (χ1n) is 14.5. The molecule has 1 atom stereocenters. The minimum absolute atomic E-state index is 0.279. The molecule has 44 heavy (non-hydrogen) atoms. The topological polar surface area (TPSA) is 108 Å². The van der Waals surface area contributed by atoms with Crippen LogP contribution < -0.4 is 10.1 Å². The summed E-state index contributed by atoms with van der Waals surface area (Å²) in [5.74, 6) is -2.00. The van der Waals surface area contributed by atoms with E-state index in [4.69, 9.17) is 19.4 Å². The van der Waals surface area contributed by atoms with Crippen LogP contribution in [0.25, 0.3) is 0 Å². The van der Waals surface area contributed by atoms with Crippen molar-refractivity contribution in [3.05, 3.63) is 102 Å². The van der Waals surface area contributed by atoms with Crippen LogP contribution in [0.2, 0.25) is 0 Å². The van der Waals surface area contributed by atoms with Crippen LogP contribution in [-0.2, 0) is 26.5 Å². The molecule has 0 aromatic heterocycles. The van der Waals surface area contributed by atoms with Crippen molar-refractivity contribution in [1.82, 2.24) is 10.2 Å². The van der Waals surface area contributed by atoms with Crippen molar-refractivity contribution in [2.24, 2.45) is 11.8 Å². The second-order valence-electron chi connectivity index (χ2n) is 11.0. The van der Waals surface area contributed by atoms with Crippen molar-refractivity contribution in [3.8, 4) is 5.75 Å². The third-order valence-corrected chi connectivity index (χ3v) is 7.74. The number of aliphatic carboxylic acids is 1. The van der Waals surface area contributed by atoms with Crippen LogP contribution in [0.1, 0.15) is 29.5 Å². The molecular formula is C33H37F3N2O6. The van der Waals surface area contributed by atoms with Crippen molar-refractivity contribution in [1.29, 1.82) is 0 Å². The third-order valence-electron chi connectivity index (χ3n) is 7.74. The normalized spacial score (nSPS) is 17.4. The monoisotopic (exact) mass is 614 g/mol. The average molecular weight is 615 g/mol. The number of benzene rings is 3. The van der Waals surface area contributed by atoms with Gasteiger partial charge in [-0.05, 0) is 55.1 Å². The Hall–Kier alpha value is -3.93. The minimum atomic E-state index is -5.08. The molecule has 11 heteroatoms. The number of hydrogen-bond acceptors (Lipinski definition) is 7. The van der Waals surface area contributed by atoms with Gasteiger partial charge in [-0.2, -0.15) is 13.2 Å². The van der Waals surface area contributed by atoms with Gasteiger partial charge in [0.25, 0.3) is 0 Å². The second kappa shape index (κ2) is 15.2. The lowest BCUT2D eigenvalue weighted by atomic mass is 9.86. The van der Waals surface area contributed by atoms with Crippen LogP contribution in [0.5, 0.6) is 5.75 Å². The highest BCUT2D eigenvalue weighted by Gasteiger charge is 2.42. The number of rotatable bonds is 10. The first kappa shape index (κ1) is 33.0. The summed E-state index contributed by atoms with van der Waals surface area (Å²) < 4.78 is 43.5. The molecule has 2 aliphatic rings. The molecular weight excluding hydrogens is 577 g/mol. The van der Waals surface area contributed by atoms with Crippen molar-refractivity contribution in [3.63, 3.8) is 0 Å². The minimum Gasteiger partial charge on any atom is -0.493 e. The van der Waals surface area contributed by atoms with Gasteiger partial charge in [0.2, 0.25) is 5.60 Å². The fraction of sp³-hybridized carbons (Fsp3) is 0.394. The van der Waals surface area contributed by atoms with E-state index in [1.54, 1.807) is 24.3 Å². The summed E-state index contributed by atoms with van der Waals surface area (Å²) in [6, 6.07) is 26.7. The highest BCUT2D eigenvalue weighted by Crippen LogP contribution is 2.34. The predicted octanol–water partition coefficient (Wildman–Crippen LogP) is 4.61. The molecule has 0 saturated carbocycles. The number of piperidine rings is 1. The van der Waals surface area contributed by atoms with E-state index in [2.05, 4.69) is 34.5 Å². The molecule has 0 spiro atoms. The van der Waals surface area contributed by atoms with Gasteiger partial charge < -0.3 is 25.0 Å². The van der Waals surface area contributed by atoms with Gasteiger partial charge in [-0.25, -0.2) is 9.59 Å². The fourth-order valence-corrected chi connectivity index (χ4v) is 5.02. The average Bonchev–Trinajstić information content (AvgIpc) is 3.00. The maximum atomic E-state index is 13.5. The quantitative estimate of drug-likeness (QED) is 0.285. The molecule has 2 saturated heterocycles. The van der Waals surface area contributed by atoms with E-state index in [-0.39, 0.29) is 5.92 Å². The van der Waals surface area contributed by atoms with Gasteiger partial charge in [-0.3, -0.25) is 4.90 Å². The molecule has 2 fully saturated rings. The smallest absolute Gasteiger partial charge is 0.490 e. The molecule has 3 aromatic carbocycles. The van der Waals surface area contributed by atoms with Crippen molar-refractivity contribution < 1.29 is 42.4 Å². The van der Waals surface area contributed by atoms with Crippen LogP contribution in [0.3, 0.4) is 0 Å². The molecule has 0 radical (unpaired) electrons. The standard InChI is InChI=1S/C31H36N2O4.C2HF3O2/c34-30(37-22-25-14-16-33(17-15-25)21-24-8-3-1-4-9-24)31(35,27-10-5-2-6-11-27)28-12-7-13-29(18-28)36-23-26-19-32-20-26;3-2(4,5)1(6)7/h1-13,18,25-26,32,35H,14-17,19-23H2;(H,6,7). The Balaban J connectivity index is 0.000000566. The molecule has 0 aliphatic carbocycles. The SMILES string of the molecule is O=C(O)C(F)(F)F.O=C(OCC1CCN(Cc2ccccc2)CC1)C(O)(c1ccccc1)c1cccc(OCC2CNC2)c1. The summed E-state index contributed by atoms with van der Waals surface area (Å²) in [6.45, 7) is 5.69. The van der Waals surface area contributed by atoms with Crippen molar-refractivity contribution in [2.45, 2.75) is 31.2 Å². The molecule has 3 N–H and O–H groups in total. The van der Waals surface area contributed by atoms with E-state index in [1.165, 1.54) is 5.56 Å². The Morgan fingerprint density at radius 3 is 2.00 bits per heavy atom. The number of likely N-dealkylation sites (tertiary alicyclic amines) is 1. The highest BCUT2D eigenvalue weighted by molar-refractivity contribution is 5.85. The number of carbonyl (C=O) groups excluding carboxylic acids is 1. The Kier molecular flexibility index (Phi) is 11.4. The number of carboxylic acids is 1. The van der Waals surface area contributed by atoms with Crippen LogP contribution in [0.15, 0.2) is 84.9 Å². The van der Waals surface area contributed by atoms with E-state index >= 15 is 0 Å². The van der Waals surface area contributed by atoms with Crippen molar-refractivity contribution >= 4 is 11.9 Å². The Bertz CT molecular complexity index is 1350. The largest absolute Gasteiger partial charge is 0.493 e. The zero-order valence-electron chi connectivity index (χ0n) is 24.2. The summed E-state index contributed by atoms with van der Waals surface area (Å²) in [5.41, 5.74) is 0.339. The third kappa shape index (κ3) is 9.04. The number of ether oxygens (including phenoxy) is 2. The lowest BCUT2D eigenvalue weighted by Crippen LogP contribution is -2.45. The number of nitrogens with zero attached hydrogens (tertiary/aromatic N) is 1. The number of alkyl halides is 3. The van der Waals surface area contributed by atoms with Crippen LogP contribution in [0, 0.1) is 11.8 Å². The second-order valence-corrected chi connectivity index (χ2v) is 11.0. The van der Waals surface area contributed by atoms with Crippen molar-refractivity contribution in [2.75, 3.05) is 39.4 Å². The lowest BCUT2D eigenvalue weighted by Gasteiger charge is -2.33. The zero-order chi connectivity index (χ0) is 31.6. The lowest BCUT2D eigenvalue weighted by molar-refractivity contribution is -0.192. The predicted molar refractivity (Wildman–Crippen MR) is 157 cm³/mol. The van der Waals surface area contributed by atoms with Gasteiger partial charge in [0.05, 0.1) is 13.2 Å². The molecule has 2 aliphatic heterocycles. The van der Waals surface area contributed by atoms with E-state index in [1.807, 2.05) is 36.4 Å². The van der Waals surface area contributed by atoms with Gasteiger partial charge in [0, 0.05) is 31.1 Å². The van der Waals surface area contributed by atoms with E-state index in [0.717, 1.165) is 45.6 Å². The molecule has 0 bridgehead atoms. The van der Waals surface area contributed by atoms with E-state index in [0.29, 0.717) is 36.0 Å². The van der Waals surface area contributed by atoms with Gasteiger partial charge in [-0.15, -0.1) is 0 Å². The molecule has 8 nitrogen and oxygen atoms in total. The first-order valence-corrected chi connectivity index (χ1v) is 14.5. The summed E-state index contributed by atoms with van der Waals surface area (Å²) in [6.07, 6.45) is -3.16. The summed E-state index contributed by atoms with van der Waals surface area (Å²) in [4.78, 5) is 24.9. The fourth-order valence-electron chi connectivity index (χ4n) is 5.02. The molecule has 2 heterocycles. The van der Waals surface area contributed by atoms with Crippen LogP contribution in [-0.4, -0.2) is 72.6 Å². The van der Waals surface area contributed by atoms with Crippen LogP contribution >= 0.6 is 0 Å². The van der Waals surface area contributed by atoms with Gasteiger partial charge in [0.15, 0.2) is 0 Å².